The second-order valence-corrected chi connectivity index (χ2v) is 10.1. The molecule has 3 nitrogen and oxygen atoms in total. The van der Waals surface area contributed by atoms with Gasteiger partial charge in [0.2, 0.25) is 0 Å². The first-order valence-corrected chi connectivity index (χ1v) is 12.2. The van der Waals surface area contributed by atoms with E-state index < -0.39 is 8.38 Å². The summed E-state index contributed by atoms with van der Waals surface area (Å²) in [4.78, 5) is 0. The zero-order valence-corrected chi connectivity index (χ0v) is 20.4. The van der Waals surface area contributed by atoms with Crippen LogP contribution >= 0.6 is 8.38 Å². The van der Waals surface area contributed by atoms with Crippen LogP contribution in [0.1, 0.15) is 26.3 Å². The Kier molecular flexibility index (Phi) is 7.01. The Morgan fingerprint density at radius 3 is 1.67 bits per heavy atom. The molecule has 0 aromatic heterocycles. The van der Waals surface area contributed by atoms with E-state index in [0.717, 1.165) is 39.2 Å². The van der Waals surface area contributed by atoms with Crippen LogP contribution in [-0.4, -0.2) is 7.11 Å². The average Bonchev–Trinajstić information content (AvgIpc) is 2.84. The van der Waals surface area contributed by atoms with Crippen LogP contribution in [0.15, 0.2) is 103 Å². The molecule has 0 amide bonds. The molecular formula is C29H29O3P. The zero-order chi connectivity index (χ0) is 23.3. The summed E-state index contributed by atoms with van der Waals surface area (Å²) in [6.07, 6.45) is 0. The third kappa shape index (κ3) is 5.38. The number of hydrogen-bond donors (Lipinski definition) is 0. The molecule has 0 saturated carbocycles. The topological polar surface area (TPSA) is 27.7 Å². The predicted molar refractivity (Wildman–Crippen MR) is 138 cm³/mol. The standard InChI is InChI=1S/C29H29O3P/c1-29(2,3)25-18-10-13-21-28(25)32-33(22-14-6-5-7-15-22)31-27-20-12-9-17-24(27)23-16-8-11-19-26(23)30-4/h5-21H,1-4H3. The highest BCUT2D eigenvalue weighted by Crippen LogP contribution is 2.46. The van der Waals surface area contributed by atoms with E-state index in [2.05, 4.69) is 51.1 Å². The molecule has 0 aliphatic carbocycles. The van der Waals surface area contributed by atoms with Gasteiger partial charge in [0.05, 0.1) is 12.4 Å². The molecule has 4 rings (SSSR count). The highest BCUT2D eigenvalue weighted by molar-refractivity contribution is 7.56. The fraction of sp³-hybridized carbons (Fsp3) is 0.172. The summed E-state index contributed by atoms with van der Waals surface area (Å²) >= 11 is 0. The lowest BCUT2D eigenvalue weighted by atomic mass is 9.86. The van der Waals surface area contributed by atoms with Gasteiger partial charge >= 0.3 is 8.38 Å². The van der Waals surface area contributed by atoms with Crippen molar-refractivity contribution >= 4 is 13.7 Å². The van der Waals surface area contributed by atoms with E-state index in [-0.39, 0.29) is 5.41 Å². The number of methoxy groups -OCH3 is 1. The van der Waals surface area contributed by atoms with Crippen LogP contribution in [0.25, 0.3) is 11.1 Å². The van der Waals surface area contributed by atoms with E-state index in [1.165, 1.54) is 0 Å². The van der Waals surface area contributed by atoms with Crippen LogP contribution in [0.2, 0.25) is 0 Å². The lowest BCUT2D eigenvalue weighted by Gasteiger charge is -2.26. The Bertz CT molecular complexity index is 1200. The molecule has 0 radical (unpaired) electrons. The molecule has 0 bridgehead atoms. The first-order chi connectivity index (χ1) is 16.0. The summed E-state index contributed by atoms with van der Waals surface area (Å²) in [5.41, 5.74) is 3.04. The van der Waals surface area contributed by atoms with Gasteiger partial charge in [-0.05, 0) is 41.3 Å². The summed E-state index contributed by atoms with van der Waals surface area (Å²) in [7, 11) is 0.253. The van der Waals surface area contributed by atoms with Crippen LogP contribution in [0.5, 0.6) is 17.2 Å². The van der Waals surface area contributed by atoms with Crippen LogP contribution in [0, 0.1) is 0 Å². The zero-order valence-electron chi connectivity index (χ0n) is 19.5. The lowest BCUT2D eigenvalue weighted by Crippen LogP contribution is -2.15. The lowest BCUT2D eigenvalue weighted by molar-refractivity contribution is 0.416. The summed E-state index contributed by atoms with van der Waals surface area (Å²) in [6, 6.07) is 34.3. The molecule has 0 spiro atoms. The molecule has 0 aliphatic rings. The van der Waals surface area contributed by atoms with Gasteiger partial charge in [-0.1, -0.05) is 93.6 Å². The average molecular weight is 457 g/mol. The Labute approximate surface area is 197 Å². The highest BCUT2D eigenvalue weighted by atomic mass is 31.2. The third-order valence-electron chi connectivity index (χ3n) is 5.31. The van der Waals surface area contributed by atoms with E-state index in [0.29, 0.717) is 0 Å². The van der Waals surface area contributed by atoms with Crippen LogP contribution in [-0.2, 0) is 5.41 Å². The van der Waals surface area contributed by atoms with Gasteiger partial charge in [0, 0.05) is 11.1 Å². The largest absolute Gasteiger partial charge is 0.496 e. The molecule has 168 valence electrons. The quantitative estimate of drug-likeness (QED) is 0.266. The molecule has 0 heterocycles. The number of ether oxygens (including phenoxy) is 1. The van der Waals surface area contributed by atoms with Crippen molar-refractivity contribution in [2.75, 3.05) is 7.11 Å². The van der Waals surface area contributed by atoms with Crippen molar-refractivity contribution in [3.63, 3.8) is 0 Å². The Morgan fingerprint density at radius 1 is 0.545 bits per heavy atom. The molecule has 4 aromatic rings. The van der Waals surface area contributed by atoms with Crippen LogP contribution in [0.4, 0.5) is 0 Å². The molecule has 0 saturated heterocycles. The molecule has 1 atom stereocenters. The fourth-order valence-electron chi connectivity index (χ4n) is 3.65. The Balaban J connectivity index is 1.75. The van der Waals surface area contributed by atoms with Gasteiger partial charge in [0.15, 0.2) is 0 Å². The number of rotatable bonds is 7. The monoisotopic (exact) mass is 456 g/mol. The van der Waals surface area contributed by atoms with E-state index in [4.69, 9.17) is 13.8 Å². The third-order valence-corrected chi connectivity index (χ3v) is 6.75. The molecule has 4 aromatic carbocycles. The minimum Gasteiger partial charge on any atom is -0.496 e. The summed E-state index contributed by atoms with van der Waals surface area (Å²) in [6.45, 7) is 6.58. The van der Waals surface area contributed by atoms with Crippen molar-refractivity contribution in [1.29, 1.82) is 0 Å². The van der Waals surface area contributed by atoms with Gasteiger partial charge in [-0.3, -0.25) is 0 Å². The normalized spacial score (nSPS) is 12.1. The highest BCUT2D eigenvalue weighted by Gasteiger charge is 2.25. The second kappa shape index (κ2) is 10.1. The maximum atomic E-state index is 6.64. The molecule has 4 heteroatoms. The number of benzene rings is 4. The molecule has 0 fully saturated rings. The fourth-order valence-corrected chi connectivity index (χ4v) is 4.99. The molecule has 0 N–H and O–H groups in total. The summed E-state index contributed by atoms with van der Waals surface area (Å²) in [5.74, 6) is 2.40. The Morgan fingerprint density at radius 2 is 1.03 bits per heavy atom. The van der Waals surface area contributed by atoms with E-state index in [1.807, 2.05) is 72.8 Å². The van der Waals surface area contributed by atoms with Crippen molar-refractivity contribution < 1.29 is 13.8 Å². The van der Waals surface area contributed by atoms with Gasteiger partial charge in [0.25, 0.3) is 0 Å². The van der Waals surface area contributed by atoms with Gasteiger partial charge in [-0.2, -0.15) is 0 Å². The molecule has 0 aliphatic heterocycles. The van der Waals surface area contributed by atoms with Crippen molar-refractivity contribution in [2.24, 2.45) is 0 Å². The maximum Gasteiger partial charge on any atom is 0.326 e. The van der Waals surface area contributed by atoms with Crippen molar-refractivity contribution in [2.45, 2.75) is 26.2 Å². The van der Waals surface area contributed by atoms with E-state index in [9.17, 15) is 0 Å². The minimum absolute atomic E-state index is 0.0520. The smallest absolute Gasteiger partial charge is 0.326 e. The van der Waals surface area contributed by atoms with E-state index in [1.54, 1.807) is 7.11 Å². The molecule has 33 heavy (non-hydrogen) atoms. The minimum atomic E-state index is -1.43. The van der Waals surface area contributed by atoms with Gasteiger partial charge in [0.1, 0.15) is 17.2 Å². The summed E-state index contributed by atoms with van der Waals surface area (Å²) < 4.78 is 18.9. The van der Waals surface area contributed by atoms with Gasteiger partial charge in [-0.25, -0.2) is 0 Å². The molecule has 1 unspecified atom stereocenters. The van der Waals surface area contributed by atoms with Crippen molar-refractivity contribution in [3.05, 3.63) is 109 Å². The Hall–Kier alpha value is -3.29. The van der Waals surface area contributed by atoms with Crippen LogP contribution < -0.4 is 19.1 Å². The van der Waals surface area contributed by atoms with E-state index >= 15 is 0 Å². The van der Waals surface area contributed by atoms with Crippen molar-refractivity contribution in [3.8, 4) is 28.4 Å². The maximum absolute atomic E-state index is 6.64. The van der Waals surface area contributed by atoms with Gasteiger partial charge < -0.3 is 13.8 Å². The second-order valence-electron chi connectivity index (χ2n) is 8.72. The van der Waals surface area contributed by atoms with Crippen LogP contribution in [0.3, 0.4) is 0 Å². The van der Waals surface area contributed by atoms with Gasteiger partial charge in [-0.15, -0.1) is 0 Å². The first-order valence-electron chi connectivity index (χ1n) is 11.0. The predicted octanol–water partition coefficient (Wildman–Crippen LogP) is 7.75. The molecular weight excluding hydrogens is 427 g/mol. The first kappa shape index (κ1) is 22.9. The number of hydrogen-bond acceptors (Lipinski definition) is 3. The SMILES string of the molecule is COc1ccccc1-c1ccccc1OP(Oc1ccccc1C(C)(C)C)c1ccccc1. The summed E-state index contributed by atoms with van der Waals surface area (Å²) in [5, 5.41) is 1.01. The number of para-hydroxylation sites is 3. The van der Waals surface area contributed by atoms with Crippen molar-refractivity contribution in [1.82, 2.24) is 0 Å².